The third kappa shape index (κ3) is 3.67. The maximum atomic E-state index is 14.1. The summed E-state index contributed by atoms with van der Waals surface area (Å²) in [5, 5.41) is 10.4. The molecule has 118 valence electrons. The molecule has 21 heavy (non-hydrogen) atoms. The number of alkyl halides is 3. The molecule has 0 aromatic heterocycles. The molecule has 0 aliphatic heterocycles. The first-order chi connectivity index (χ1) is 9.75. The summed E-state index contributed by atoms with van der Waals surface area (Å²) in [6.45, 7) is 0. The second-order valence-corrected chi connectivity index (χ2v) is 5.67. The number of rotatable bonds is 3. The first-order valence-corrected chi connectivity index (χ1v) is 6.86. The molecule has 2 atom stereocenters. The van der Waals surface area contributed by atoms with Gasteiger partial charge in [0, 0.05) is 6.42 Å². The summed E-state index contributed by atoms with van der Waals surface area (Å²) in [6.07, 6.45) is -4.29. The van der Waals surface area contributed by atoms with Crippen molar-refractivity contribution < 1.29 is 27.4 Å². The summed E-state index contributed by atoms with van der Waals surface area (Å²) in [4.78, 5) is 0. The molecule has 2 rings (SSSR count). The summed E-state index contributed by atoms with van der Waals surface area (Å²) in [5.74, 6) is -2.12. The van der Waals surface area contributed by atoms with E-state index in [1.54, 1.807) is 6.07 Å². The van der Waals surface area contributed by atoms with Crippen molar-refractivity contribution in [3.05, 3.63) is 29.6 Å². The van der Waals surface area contributed by atoms with Gasteiger partial charge in [0.15, 0.2) is 11.6 Å². The van der Waals surface area contributed by atoms with E-state index >= 15 is 0 Å². The molecule has 0 radical (unpaired) electrons. The quantitative estimate of drug-likeness (QED) is 0.859. The molecule has 1 aromatic rings. The van der Waals surface area contributed by atoms with Crippen molar-refractivity contribution in [2.24, 2.45) is 5.92 Å². The van der Waals surface area contributed by atoms with Gasteiger partial charge < -0.3 is 9.84 Å². The zero-order chi connectivity index (χ0) is 15.7. The van der Waals surface area contributed by atoms with Crippen molar-refractivity contribution in [2.45, 2.75) is 43.9 Å². The lowest BCUT2D eigenvalue weighted by molar-refractivity contribution is -0.200. The summed E-state index contributed by atoms with van der Waals surface area (Å²) in [6, 6.07) is 4.46. The largest absolute Gasteiger partial charge is 0.494 e. The van der Waals surface area contributed by atoms with E-state index in [-0.39, 0.29) is 43.4 Å². The number of hydrogen-bond acceptors (Lipinski definition) is 2. The van der Waals surface area contributed by atoms with E-state index in [4.69, 9.17) is 4.74 Å². The molecule has 0 bridgehead atoms. The molecule has 0 spiro atoms. The normalized spacial score (nSPS) is 26.7. The Morgan fingerprint density at radius 1 is 1.38 bits per heavy atom. The van der Waals surface area contributed by atoms with Crippen LogP contribution in [0, 0.1) is 11.7 Å². The van der Waals surface area contributed by atoms with Crippen molar-refractivity contribution in [3.63, 3.8) is 0 Å². The lowest BCUT2D eigenvalue weighted by atomic mass is 9.75. The minimum absolute atomic E-state index is 0.0202. The minimum atomic E-state index is -4.32. The monoisotopic (exact) mass is 306 g/mol. The Bertz CT molecular complexity index is 501. The first-order valence-electron chi connectivity index (χ1n) is 6.86. The van der Waals surface area contributed by atoms with E-state index in [0.717, 1.165) is 0 Å². The zero-order valence-corrected chi connectivity index (χ0v) is 11.7. The molecule has 1 aromatic carbocycles. The molecule has 1 saturated carbocycles. The second-order valence-electron chi connectivity index (χ2n) is 5.67. The molecule has 0 amide bonds. The predicted octanol–water partition coefficient (Wildman–Crippen LogP) is 3.86. The van der Waals surface area contributed by atoms with Crippen molar-refractivity contribution in [3.8, 4) is 5.75 Å². The van der Waals surface area contributed by atoms with Crippen molar-refractivity contribution >= 4 is 0 Å². The maximum Gasteiger partial charge on any atom is 0.391 e. The molecule has 1 aliphatic carbocycles. The zero-order valence-electron chi connectivity index (χ0n) is 11.7. The van der Waals surface area contributed by atoms with Crippen LogP contribution in [-0.2, 0) is 6.42 Å². The molecule has 2 unspecified atom stereocenters. The highest BCUT2D eigenvalue weighted by molar-refractivity contribution is 5.32. The highest BCUT2D eigenvalue weighted by Gasteiger charge is 2.47. The third-order valence-electron chi connectivity index (χ3n) is 4.07. The lowest BCUT2D eigenvalue weighted by Crippen LogP contribution is -2.42. The molecule has 0 saturated heterocycles. The van der Waals surface area contributed by atoms with Gasteiger partial charge in [-0.2, -0.15) is 13.2 Å². The van der Waals surface area contributed by atoms with Crippen LogP contribution in [0.2, 0.25) is 0 Å². The van der Waals surface area contributed by atoms with Crippen LogP contribution in [0.3, 0.4) is 0 Å². The summed E-state index contributed by atoms with van der Waals surface area (Å²) in [5.41, 5.74) is -1.34. The van der Waals surface area contributed by atoms with Crippen LogP contribution in [-0.4, -0.2) is 24.0 Å². The molecular weight excluding hydrogens is 288 g/mol. The molecule has 6 heteroatoms. The smallest absolute Gasteiger partial charge is 0.391 e. The Kier molecular flexibility index (Phi) is 4.46. The third-order valence-corrected chi connectivity index (χ3v) is 4.07. The van der Waals surface area contributed by atoms with Crippen LogP contribution in [0.4, 0.5) is 17.6 Å². The van der Waals surface area contributed by atoms with E-state index in [0.29, 0.717) is 0 Å². The van der Waals surface area contributed by atoms with Gasteiger partial charge in [-0.05, 0) is 37.3 Å². The molecule has 1 N–H and O–H groups in total. The Hall–Kier alpha value is -1.30. The second kappa shape index (κ2) is 5.83. The Morgan fingerprint density at radius 2 is 2.10 bits per heavy atom. The maximum absolute atomic E-state index is 14.1. The van der Waals surface area contributed by atoms with E-state index in [1.165, 1.54) is 19.2 Å². The van der Waals surface area contributed by atoms with Gasteiger partial charge in [0.25, 0.3) is 0 Å². The molecular formula is C15H18F4O2. The number of halogens is 4. The van der Waals surface area contributed by atoms with Crippen molar-refractivity contribution in [1.82, 2.24) is 0 Å². The van der Waals surface area contributed by atoms with Crippen LogP contribution in [0.25, 0.3) is 0 Å². The molecule has 0 heterocycles. The standard InChI is InChI=1S/C15H18F4O2/c1-21-12-6-2-4-10(13(12)16)8-14(20)7-3-5-11(9-14)15(17,18)19/h2,4,6,11,20H,3,5,7-9H2,1H3. The van der Waals surface area contributed by atoms with E-state index in [2.05, 4.69) is 0 Å². The van der Waals surface area contributed by atoms with Crippen LogP contribution in [0.5, 0.6) is 5.75 Å². The van der Waals surface area contributed by atoms with Gasteiger partial charge in [0.2, 0.25) is 0 Å². The summed E-state index contributed by atoms with van der Waals surface area (Å²) >= 11 is 0. The van der Waals surface area contributed by atoms with Crippen LogP contribution in [0.15, 0.2) is 18.2 Å². The van der Waals surface area contributed by atoms with Gasteiger partial charge in [0.1, 0.15) is 0 Å². The van der Waals surface area contributed by atoms with Crippen LogP contribution in [0.1, 0.15) is 31.2 Å². The van der Waals surface area contributed by atoms with E-state index in [9.17, 15) is 22.7 Å². The summed E-state index contributed by atoms with van der Waals surface area (Å²) in [7, 11) is 1.32. The molecule has 1 aliphatic rings. The Balaban J connectivity index is 2.18. The van der Waals surface area contributed by atoms with Gasteiger partial charge in [0.05, 0.1) is 18.6 Å². The van der Waals surface area contributed by atoms with Crippen LogP contribution >= 0.6 is 0 Å². The number of hydrogen-bond donors (Lipinski definition) is 1. The highest BCUT2D eigenvalue weighted by atomic mass is 19.4. The highest BCUT2D eigenvalue weighted by Crippen LogP contribution is 2.43. The van der Waals surface area contributed by atoms with Gasteiger partial charge in [-0.3, -0.25) is 0 Å². The van der Waals surface area contributed by atoms with E-state index < -0.39 is 23.5 Å². The average Bonchev–Trinajstić information content (AvgIpc) is 2.40. The van der Waals surface area contributed by atoms with E-state index in [1.807, 2.05) is 0 Å². The first kappa shape index (κ1) is 16.1. The number of methoxy groups -OCH3 is 1. The minimum Gasteiger partial charge on any atom is -0.494 e. The fraction of sp³-hybridized carbons (Fsp3) is 0.600. The Morgan fingerprint density at radius 3 is 2.71 bits per heavy atom. The van der Waals surface area contributed by atoms with Crippen molar-refractivity contribution in [1.29, 1.82) is 0 Å². The van der Waals surface area contributed by atoms with Gasteiger partial charge >= 0.3 is 6.18 Å². The topological polar surface area (TPSA) is 29.5 Å². The number of benzene rings is 1. The average molecular weight is 306 g/mol. The number of aliphatic hydroxyl groups is 1. The van der Waals surface area contributed by atoms with Gasteiger partial charge in [-0.15, -0.1) is 0 Å². The lowest BCUT2D eigenvalue weighted by Gasteiger charge is -2.37. The van der Waals surface area contributed by atoms with Gasteiger partial charge in [-0.25, -0.2) is 4.39 Å². The number of ether oxygens (including phenoxy) is 1. The summed E-state index contributed by atoms with van der Waals surface area (Å²) < 4.78 is 57.4. The molecule has 2 nitrogen and oxygen atoms in total. The van der Waals surface area contributed by atoms with Crippen molar-refractivity contribution in [2.75, 3.05) is 7.11 Å². The molecule has 1 fully saturated rings. The van der Waals surface area contributed by atoms with Gasteiger partial charge in [-0.1, -0.05) is 12.1 Å². The fourth-order valence-electron chi connectivity index (χ4n) is 2.99. The fourth-order valence-corrected chi connectivity index (χ4v) is 2.99. The predicted molar refractivity (Wildman–Crippen MR) is 69.6 cm³/mol. The SMILES string of the molecule is COc1cccc(CC2(O)CCCC(C(F)(F)F)C2)c1F. The van der Waals surface area contributed by atoms with Crippen LogP contribution < -0.4 is 4.74 Å². The Labute approximate surface area is 120 Å².